The normalized spacial score (nSPS) is 23.0. The Kier molecular flexibility index (Phi) is 4.49. The summed E-state index contributed by atoms with van der Waals surface area (Å²) in [6, 6.07) is 4.95. The Labute approximate surface area is 144 Å². The molecule has 0 N–H and O–H groups in total. The van der Waals surface area contributed by atoms with Crippen LogP contribution < -0.4 is 4.74 Å². The molecule has 0 bridgehead atoms. The van der Waals surface area contributed by atoms with E-state index in [0.717, 1.165) is 0 Å². The van der Waals surface area contributed by atoms with E-state index in [1.807, 2.05) is 0 Å². The molecule has 1 fully saturated rings. The van der Waals surface area contributed by atoms with Gasteiger partial charge in [0.2, 0.25) is 5.91 Å². The molecule has 0 saturated carbocycles. The summed E-state index contributed by atoms with van der Waals surface area (Å²) in [5.74, 6) is 0.0221. The quantitative estimate of drug-likeness (QED) is 0.781. The van der Waals surface area contributed by atoms with Crippen molar-refractivity contribution < 1.29 is 23.9 Å². The molecule has 1 saturated heterocycles. The molecule has 2 heterocycles. The minimum Gasteiger partial charge on any atom is -0.484 e. The number of carbonyl (C=O) groups excluding carboxylic acids is 3. The van der Waals surface area contributed by atoms with E-state index in [0.29, 0.717) is 22.8 Å². The molecule has 1 amide bonds. The first kappa shape index (κ1) is 16.8. The maximum atomic E-state index is 12.5. The summed E-state index contributed by atoms with van der Waals surface area (Å²) in [7, 11) is 1.31. The van der Waals surface area contributed by atoms with Crippen molar-refractivity contribution in [2.24, 2.45) is 0 Å². The standard InChI is InChI=1S/C17H18ClNO5/c1-23-16(22)5-7-19-10-17(6-4-15(19)21)9-13(20)12-3-2-11(18)8-14(12)24-17/h2-3,8H,4-7,9-10H2,1H3/t17-/m0/s1. The maximum Gasteiger partial charge on any atom is 0.307 e. The first-order valence-corrected chi connectivity index (χ1v) is 8.17. The van der Waals surface area contributed by atoms with E-state index < -0.39 is 5.60 Å². The van der Waals surface area contributed by atoms with Crippen LogP contribution in [0.4, 0.5) is 0 Å². The third kappa shape index (κ3) is 3.24. The highest BCUT2D eigenvalue weighted by Gasteiger charge is 2.45. The highest BCUT2D eigenvalue weighted by molar-refractivity contribution is 6.30. The van der Waals surface area contributed by atoms with Crippen LogP contribution in [0.25, 0.3) is 0 Å². The second-order valence-electron chi connectivity index (χ2n) is 6.17. The summed E-state index contributed by atoms with van der Waals surface area (Å²) < 4.78 is 10.7. The number of ether oxygens (including phenoxy) is 2. The smallest absolute Gasteiger partial charge is 0.307 e. The fourth-order valence-electron chi connectivity index (χ4n) is 3.24. The number of likely N-dealkylation sites (tertiary alicyclic amines) is 1. The van der Waals surface area contributed by atoms with Gasteiger partial charge in [-0.2, -0.15) is 0 Å². The molecule has 3 rings (SSSR count). The highest BCUT2D eigenvalue weighted by Crippen LogP contribution is 2.39. The number of hydrogen-bond donors (Lipinski definition) is 0. The molecule has 0 radical (unpaired) electrons. The SMILES string of the molecule is COC(=O)CCN1C[C@]2(CCC1=O)CC(=O)c1ccc(Cl)cc1O2. The number of amides is 1. The van der Waals surface area contributed by atoms with Crippen molar-refractivity contribution in [2.45, 2.75) is 31.3 Å². The predicted molar refractivity (Wildman–Crippen MR) is 86.2 cm³/mol. The number of esters is 1. The lowest BCUT2D eigenvalue weighted by molar-refractivity contribution is -0.145. The number of methoxy groups -OCH3 is 1. The highest BCUT2D eigenvalue weighted by atomic mass is 35.5. The lowest BCUT2D eigenvalue weighted by Gasteiger charge is -2.44. The topological polar surface area (TPSA) is 72.9 Å². The van der Waals surface area contributed by atoms with Crippen LogP contribution in [-0.4, -0.2) is 48.4 Å². The largest absolute Gasteiger partial charge is 0.484 e. The van der Waals surface area contributed by atoms with E-state index in [9.17, 15) is 14.4 Å². The lowest BCUT2D eigenvalue weighted by atomic mass is 9.83. The number of halogens is 1. The number of ketones is 1. The fraction of sp³-hybridized carbons (Fsp3) is 0.471. The van der Waals surface area contributed by atoms with Crippen LogP contribution in [0.5, 0.6) is 5.75 Å². The molecule has 1 spiro atoms. The summed E-state index contributed by atoms with van der Waals surface area (Å²) in [5.41, 5.74) is -0.234. The van der Waals surface area contributed by atoms with Crippen molar-refractivity contribution in [2.75, 3.05) is 20.2 Å². The molecule has 0 unspecified atom stereocenters. The van der Waals surface area contributed by atoms with Gasteiger partial charge in [-0.15, -0.1) is 0 Å². The zero-order chi connectivity index (χ0) is 17.3. The Bertz CT molecular complexity index is 704. The minimum atomic E-state index is -0.751. The van der Waals surface area contributed by atoms with E-state index >= 15 is 0 Å². The predicted octanol–water partition coefficient (Wildman–Crippen LogP) is 2.23. The molecule has 7 heteroatoms. The molecule has 24 heavy (non-hydrogen) atoms. The van der Waals surface area contributed by atoms with Gasteiger partial charge in [0.25, 0.3) is 0 Å². The van der Waals surface area contributed by atoms with E-state index in [1.54, 1.807) is 23.1 Å². The van der Waals surface area contributed by atoms with E-state index in [2.05, 4.69) is 4.74 Å². The Morgan fingerprint density at radius 2 is 2.21 bits per heavy atom. The number of Topliss-reactive ketones (excluding diaryl/α,β-unsaturated/α-hetero) is 1. The Hall–Kier alpha value is -2.08. The van der Waals surface area contributed by atoms with Gasteiger partial charge in [-0.1, -0.05) is 11.6 Å². The molecule has 0 aromatic heterocycles. The van der Waals surface area contributed by atoms with Crippen molar-refractivity contribution >= 4 is 29.3 Å². The van der Waals surface area contributed by atoms with Crippen LogP contribution in [0, 0.1) is 0 Å². The summed E-state index contributed by atoms with van der Waals surface area (Å²) in [5, 5.41) is 0.494. The lowest BCUT2D eigenvalue weighted by Crippen LogP contribution is -2.56. The van der Waals surface area contributed by atoms with Crippen molar-refractivity contribution in [3.63, 3.8) is 0 Å². The van der Waals surface area contributed by atoms with Gasteiger partial charge in [-0.05, 0) is 24.6 Å². The second-order valence-corrected chi connectivity index (χ2v) is 6.60. The molecule has 0 aliphatic carbocycles. The summed E-state index contributed by atoms with van der Waals surface area (Å²) in [6.07, 6.45) is 1.08. The third-order valence-electron chi connectivity index (χ3n) is 4.49. The minimum absolute atomic E-state index is 0.0183. The molecule has 6 nitrogen and oxygen atoms in total. The van der Waals surface area contributed by atoms with Gasteiger partial charge >= 0.3 is 5.97 Å². The Morgan fingerprint density at radius 3 is 2.96 bits per heavy atom. The number of benzene rings is 1. The summed E-state index contributed by atoms with van der Waals surface area (Å²) in [4.78, 5) is 37.5. The van der Waals surface area contributed by atoms with Crippen LogP contribution in [0.3, 0.4) is 0 Å². The van der Waals surface area contributed by atoms with Gasteiger partial charge in [0.05, 0.1) is 32.1 Å². The van der Waals surface area contributed by atoms with E-state index in [1.165, 1.54) is 7.11 Å². The average Bonchev–Trinajstić information content (AvgIpc) is 2.55. The van der Waals surface area contributed by atoms with E-state index in [-0.39, 0.29) is 50.0 Å². The van der Waals surface area contributed by atoms with Crippen LogP contribution >= 0.6 is 11.6 Å². The van der Waals surface area contributed by atoms with Gasteiger partial charge in [-0.25, -0.2) is 0 Å². The van der Waals surface area contributed by atoms with Crippen molar-refractivity contribution in [1.82, 2.24) is 4.90 Å². The molecule has 128 valence electrons. The molecular formula is C17H18ClNO5. The first-order chi connectivity index (χ1) is 11.4. The van der Waals surface area contributed by atoms with Crippen molar-refractivity contribution in [1.29, 1.82) is 0 Å². The zero-order valence-corrected chi connectivity index (χ0v) is 14.1. The van der Waals surface area contributed by atoms with Crippen molar-refractivity contribution in [3.05, 3.63) is 28.8 Å². The fourth-order valence-corrected chi connectivity index (χ4v) is 3.40. The zero-order valence-electron chi connectivity index (χ0n) is 13.3. The number of fused-ring (bicyclic) bond motifs is 1. The molecule has 2 aliphatic heterocycles. The number of rotatable bonds is 3. The van der Waals surface area contributed by atoms with Crippen LogP contribution in [0.15, 0.2) is 18.2 Å². The molecule has 1 aromatic carbocycles. The van der Waals surface area contributed by atoms with Gasteiger partial charge in [0.1, 0.15) is 11.4 Å². The Morgan fingerprint density at radius 1 is 1.42 bits per heavy atom. The number of nitrogens with zero attached hydrogens (tertiary/aromatic N) is 1. The molecule has 1 aromatic rings. The van der Waals surface area contributed by atoms with E-state index in [4.69, 9.17) is 16.3 Å². The van der Waals surface area contributed by atoms with Gasteiger partial charge in [-0.3, -0.25) is 14.4 Å². The van der Waals surface area contributed by atoms with Crippen molar-refractivity contribution in [3.8, 4) is 5.75 Å². The van der Waals surface area contributed by atoms with Gasteiger partial charge in [0, 0.05) is 18.0 Å². The van der Waals surface area contributed by atoms with Gasteiger partial charge < -0.3 is 14.4 Å². The molecular weight excluding hydrogens is 334 g/mol. The summed E-state index contributed by atoms with van der Waals surface area (Å²) >= 11 is 6.00. The van der Waals surface area contributed by atoms with Crippen LogP contribution in [0.1, 0.15) is 36.0 Å². The number of hydrogen-bond acceptors (Lipinski definition) is 5. The number of carbonyl (C=O) groups is 3. The van der Waals surface area contributed by atoms with Crippen LogP contribution in [-0.2, 0) is 14.3 Å². The summed E-state index contributed by atoms with van der Waals surface area (Å²) in [6.45, 7) is 0.535. The first-order valence-electron chi connectivity index (χ1n) is 7.79. The Balaban J connectivity index is 1.79. The maximum absolute atomic E-state index is 12.5. The average molecular weight is 352 g/mol. The van der Waals surface area contributed by atoms with Gasteiger partial charge in [0.15, 0.2) is 5.78 Å². The molecule has 2 aliphatic rings. The number of piperidine rings is 1. The monoisotopic (exact) mass is 351 g/mol. The molecule has 1 atom stereocenters. The van der Waals surface area contributed by atoms with Crippen LogP contribution in [0.2, 0.25) is 5.02 Å². The second kappa shape index (κ2) is 6.43. The third-order valence-corrected chi connectivity index (χ3v) is 4.73.